The number of benzene rings is 4. The van der Waals surface area contributed by atoms with E-state index in [0.29, 0.717) is 15.9 Å². The first-order chi connectivity index (χ1) is 21.8. The van der Waals surface area contributed by atoms with Gasteiger partial charge in [0, 0.05) is 24.0 Å². The van der Waals surface area contributed by atoms with Gasteiger partial charge in [0.05, 0.1) is 21.2 Å². The number of hydrogen-bond donors (Lipinski definition) is 1. The number of alkyl halides is 3. The summed E-state index contributed by atoms with van der Waals surface area (Å²) in [5.74, 6) is -1.28. The zero-order valence-electron chi connectivity index (χ0n) is 24.5. The van der Waals surface area contributed by atoms with Crippen molar-refractivity contribution in [3.63, 3.8) is 0 Å². The Morgan fingerprint density at radius 1 is 0.891 bits per heavy atom. The lowest BCUT2D eigenvalue weighted by Crippen LogP contribution is -2.53. The van der Waals surface area contributed by atoms with Gasteiger partial charge in [0.2, 0.25) is 11.8 Å². The number of nitrogens with one attached hydrogen (secondary N) is 1. The molecule has 0 aliphatic heterocycles. The number of halogens is 5. The molecule has 0 saturated carbocycles. The Labute approximate surface area is 279 Å². The molecule has 242 valence electrons. The monoisotopic (exact) mass is 735 g/mol. The molecule has 4 aromatic carbocycles. The third-order valence-corrected chi connectivity index (χ3v) is 9.69. The zero-order valence-corrected chi connectivity index (χ0v) is 27.7. The standard InChI is InChI=1S/C33H30BrClF3N3O4S/c1-2-39-32(43)30(19-23-9-5-3-6-10-23)40(21-24-13-15-25(34)16-14-24)31(42)22-41(46(44,45)27-11-7-4-8-12-27)26-17-18-29(35)28(20-26)33(36,37)38/h3-18,20,30H,2,19,21-22H2,1H3,(H,39,43)/t30-/m0/s1. The molecular formula is C33H30BrClF3N3O4S. The Hall–Kier alpha value is -3.87. The zero-order chi connectivity index (χ0) is 33.5. The van der Waals surface area contributed by atoms with Crippen molar-refractivity contribution in [2.24, 2.45) is 0 Å². The van der Waals surface area contributed by atoms with Crippen molar-refractivity contribution in [3.05, 3.63) is 129 Å². The summed E-state index contributed by atoms with van der Waals surface area (Å²) < 4.78 is 71.0. The van der Waals surface area contributed by atoms with Crippen LogP contribution in [0.15, 0.2) is 112 Å². The third-order valence-electron chi connectivity index (χ3n) is 7.04. The predicted molar refractivity (Wildman–Crippen MR) is 175 cm³/mol. The smallest absolute Gasteiger partial charge is 0.355 e. The first-order valence-electron chi connectivity index (χ1n) is 14.1. The molecule has 1 N–H and O–H groups in total. The van der Waals surface area contributed by atoms with E-state index in [9.17, 15) is 31.2 Å². The maximum absolute atomic E-state index is 14.3. The van der Waals surface area contributed by atoms with Crippen LogP contribution in [0.1, 0.15) is 23.6 Å². The van der Waals surface area contributed by atoms with Gasteiger partial charge >= 0.3 is 6.18 Å². The molecule has 7 nitrogen and oxygen atoms in total. The lowest BCUT2D eigenvalue weighted by molar-refractivity contribution is -0.140. The molecule has 46 heavy (non-hydrogen) atoms. The van der Waals surface area contributed by atoms with Gasteiger partial charge in [0.15, 0.2) is 0 Å². The molecule has 0 aliphatic carbocycles. The van der Waals surface area contributed by atoms with Gasteiger partial charge in [-0.1, -0.05) is 88.2 Å². The molecule has 0 heterocycles. The van der Waals surface area contributed by atoms with Crippen LogP contribution in [0, 0.1) is 0 Å². The van der Waals surface area contributed by atoms with Crippen LogP contribution in [0.3, 0.4) is 0 Å². The average Bonchev–Trinajstić information content (AvgIpc) is 3.03. The number of amides is 2. The number of carbonyl (C=O) groups is 2. The van der Waals surface area contributed by atoms with Crippen molar-refractivity contribution in [1.29, 1.82) is 0 Å². The minimum atomic E-state index is -4.90. The van der Waals surface area contributed by atoms with Crippen LogP contribution in [0.5, 0.6) is 0 Å². The highest BCUT2D eigenvalue weighted by Gasteiger charge is 2.37. The van der Waals surface area contributed by atoms with Crippen molar-refractivity contribution in [3.8, 4) is 0 Å². The highest BCUT2D eigenvalue weighted by Crippen LogP contribution is 2.38. The first-order valence-corrected chi connectivity index (χ1v) is 16.7. The van der Waals surface area contributed by atoms with E-state index < -0.39 is 56.9 Å². The number of sulfonamides is 1. The summed E-state index contributed by atoms with van der Waals surface area (Å²) in [6.07, 6.45) is -4.80. The molecule has 0 aromatic heterocycles. The molecular weight excluding hydrogens is 707 g/mol. The summed E-state index contributed by atoms with van der Waals surface area (Å²) in [4.78, 5) is 28.9. The van der Waals surface area contributed by atoms with E-state index in [0.717, 1.165) is 22.2 Å². The quantitative estimate of drug-likeness (QED) is 0.168. The van der Waals surface area contributed by atoms with E-state index in [1.165, 1.54) is 29.2 Å². The number of rotatable bonds is 12. The van der Waals surface area contributed by atoms with E-state index >= 15 is 0 Å². The molecule has 4 aromatic rings. The summed E-state index contributed by atoms with van der Waals surface area (Å²) in [6.45, 7) is 1.00. The number of nitrogens with zero attached hydrogens (tertiary/aromatic N) is 2. The topological polar surface area (TPSA) is 86.8 Å². The number of hydrogen-bond acceptors (Lipinski definition) is 4. The van der Waals surface area contributed by atoms with Gasteiger partial charge < -0.3 is 10.2 Å². The second kappa shape index (κ2) is 15.1. The van der Waals surface area contributed by atoms with Crippen LogP contribution in [0.2, 0.25) is 5.02 Å². The molecule has 13 heteroatoms. The Bertz CT molecular complexity index is 1760. The average molecular weight is 737 g/mol. The summed E-state index contributed by atoms with van der Waals surface area (Å²) >= 11 is 9.22. The van der Waals surface area contributed by atoms with Crippen LogP contribution >= 0.6 is 27.5 Å². The molecule has 0 radical (unpaired) electrons. The Morgan fingerprint density at radius 2 is 1.50 bits per heavy atom. The van der Waals surface area contributed by atoms with Gasteiger partial charge in [-0.3, -0.25) is 13.9 Å². The van der Waals surface area contributed by atoms with E-state index in [-0.39, 0.29) is 24.4 Å². The lowest BCUT2D eigenvalue weighted by atomic mass is 10.0. The SMILES string of the molecule is CCNC(=O)[C@H](Cc1ccccc1)N(Cc1ccc(Br)cc1)C(=O)CN(c1ccc(Cl)c(C(F)(F)F)c1)S(=O)(=O)c1ccccc1. The number of carbonyl (C=O) groups excluding carboxylic acids is 2. The molecule has 0 spiro atoms. The minimum absolute atomic E-state index is 0.0889. The van der Waals surface area contributed by atoms with Gasteiger partial charge in [-0.05, 0) is 60.5 Å². The Balaban J connectivity index is 1.84. The molecule has 0 bridgehead atoms. The second-order valence-corrected chi connectivity index (χ2v) is 13.4. The largest absolute Gasteiger partial charge is 0.417 e. The van der Waals surface area contributed by atoms with Crippen molar-refractivity contribution < 1.29 is 31.2 Å². The van der Waals surface area contributed by atoms with Crippen LogP contribution in [0.4, 0.5) is 18.9 Å². The maximum Gasteiger partial charge on any atom is 0.417 e. The lowest BCUT2D eigenvalue weighted by Gasteiger charge is -2.34. The first kappa shape index (κ1) is 35.0. The van der Waals surface area contributed by atoms with Crippen LogP contribution in [-0.2, 0) is 38.8 Å². The van der Waals surface area contributed by atoms with Crippen LogP contribution in [0.25, 0.3) is 0 Å². The molecule has 1 atom stereocenters. The third kappa shape index (κ3) is 8.68. The number of anilines is 1. The van der Waals surface area contributed by atoms with Crippen molar-refractivity contribution in [1.82, 2.24) is 10.2 Å². The summed E-state index contributed by atoms with van der Waals surface area (Å²) in [7, 11) is -4.58. The fourth-order valence-electron chi connectivity index (χ4n) is 4.77. The molecule has 4 rings (SSSR count). The van der Waals surface area contributed by atoms with Gasteiger partial charge in [-0.15, -0.1) is 0 Å². The minimum Gasteiger partial charge on any atom is -0.355 e. The van der Waals surface area contributed by atoms with E-state index in [2.05, 4.69) is 21.2 Å². The Morgan fingerprint density at radius 3 is 2.09 bits per heavy atom. The number of likely N-dealkylation sites (N-methyl/N-ethyl adjacent to an activating group) is 1. The molecule has 0 saturated heterocycles. The van der Waals surface area contributed by atoms with E-state index in [1.807, 2.05) is 6.07 Å². The highest BCUT2D eigenvalue weighted by molar-refractivity contribution is 9.10. The fourth-order valence-corrected chi connectivity index (χ4v) is 6.68. The fraction of sp³-hybridized carbons (Fsp3) is 0.212. The Kier molecular flexibility index (Phi) is 11.5. The van der Waals surface area contributed by atoms with Gasteiger partial charge in [0.1, 0.15) is 12.6 Å². The molecule has 2 amide bonds. The van der Waals surface area contributed by atoms with Crippen LogP contribution < -0.4 is 9.62 Å². The summed E-state index contributed by atoms with van der Waals surface area (Å²) in [5.41, 5.74) is -0.297. The van der Waals surface area contributed by atoms with Gasteiger partial charge in [-0.2, -0.15) is 13.2 Å². The summed E-state index contributed by atoms with van der Waals surface area (Å²) in [6, 6.07) is 24.6. The second-order valence-electron chi connectivity index (χ2n) is 10.2. The molecule has 0 unspecified atom stereocenters. The van der Waals surface area contributed by atoms with E-state index in [4.69, 9.17) is 11.6 Å². The maximum atomic E-state index is 14.3. The van der Waals surface area contributed by atoms with Crippen molar-refractivity contribution in [2.75, 3.05) is 17.4 Å². The molecule has 0 fully saturated rings. The van der Waals surface area contributed by atoms with Crippen LogP contribution in [-0.4, -0.2) is 44.3 Å². The van der Waals surface area contributed by atoms with Crippen molar-refractivity contribution >= 4 is 55.1 Å². The normalized spacial score (nSPS) is 12.3. The summed E-state index contributed by atoms with van der Waals surface area (Å²) in [5, 5.41) is 2.13. The highest BCUT2D eigenvalue weighted by atomic mass is 79.9. The predicted octanol–water partition coefficient (Wildman–Crippen LogP) is 7.09. The van der Waals surface area contributed by atoms with Gasteiger partial charge in [0.25, 0.3) is 10.0 Å². The molecule has 0 aliphatic rings. The van der Waals surface area contributed by atoms with Gasteiger partial charge in [-0.25, -0.2) is 8.42 Å². The van der Waals surface area contributed by atoms with Crippen molar-refractivity contribution in [2.45, 2.75) is 37.0 Å². The van der Waals surface area contributed by atoms with E-state index in [1.54, 1.807) is 61.5 Å².